The Morgan fingerprint density at radius 2 is 2.21 bits per heavy atom. The predicted molar refractivity (Wildman–Crippen MR) is 59.3 cm³/mol. The quantitative estimate of drug-likeness (QED) is 0.866. The molecule has 0 fully saturated rings. The summed E-state index contributed by atoms with van der Waals surface area (Å²) in [6.07, 6.45) is 1.47. The van der Waals surface area contributed by atoms with Crippen LogP contribution in [-0.2, 0) is 0 Å². The van der Waals surface area contributed by atoms with E-state index in [1.165, 1.54) is 6.33 Å². The van der Waals surface area contributed by atoms with Gasteiger partial charge in [-0.2, -0.15) is 5.10 Å². The fraction of sp³-hybridized carbons (Fsp3) is 0.111. The summed E-state index contributed by atoms with van der Waals surface area (Å²) in [6, 6.07) is 3.82. The Bertz CT molecular complexity index is 430. The van der Waals surface area contributed by atoms with Crippen molar-refractivity contribution in [1.29, 1.82) is 0 Å². The summed E-state index contributed by atoms with van der Waals surface area (Å²) < 4.78 is 0.969. The number of benzene rings is 1. The van der Waals surface area contributed by atoms with E-state index in [-0.39, 0.29) is 0 Å². The van der Waals surface area contributed by atoms with Crippen molar-refractivity contribution in [3.63, 3.8) is 0 Å². The number of aromatic nitrogens is 3. The summed E-state index contributed by atoms with van der Waals surface area (Å²) in [6.45, 7) is 1.95. The van der Waals surface area contributed by atoms with E-state index in [2.05, 4.69) is 31.1 Å². The summed E-state index contributed by atoms with van der Waals surface area (Å²) in [5, 5.41) is 7.29. The molecule has 0 aliphatic rings. The van der Waals surface area contributed by atoms with E-state index in [9.17, 15) is 0 Å². The average molecular weight is 273 g/mol. The fourth-order valence-electron chi connectivity index (χ4n) is 1.13. The number of nitrogens with one attached hydrogen (secondary N) is 1. The molecule has 0 unspecified atom stereocenters. The van der Waals surface area contributed by atoms with Gasteiger partial charge in [-0.3, -0.25) is 5.10 Å². The number of nitrogens with zero attached hydrogens (tertiary/aromatic N) is 2. The number of hydrogen-bond donors (Lipinski definition) is 1. The highest BCUT2D eigenvalue weighted by molar-refractivity contribution is 9.10. The summed E-state index contributed by atoms with van der Waals surface area (Å²) in [4.78, 5) is 4.05. The van der Waals surface area contributed by atoms with Crippen molar-refractivity contribution in [2.45, 2.75) is 6.92 Å². The molecule has 0 bridgehead atoms. The predicted octanol–water partition coefficient (Wildman–Crippen LogP) is 3.20. The highest BCUT2D eigenvalue weighted by Gasteiger charge is 2.06. The highest BCUT2D eigenvalue weighted by atomic mass is 79.9. The molecule has 0 radical (unpaired) electrons. The zero-order valence-electron chi connectivity index (χ0n) is 7.38. The van der Waals surface area contributed by atoms with Crippen molar-refractivity contribution in [2.75, 3.05) is 0 Å². The van der Waals surface area contributed by atoms with Crippen LogP contribution >= 0.6 is 27.5 Å². The second-order valence-corrected chi connectivity index (χ2v) is 4.16. The molecule has 1 heterocycles. The van der Waals surface area contributed by atoms with Gasteiger partial charge in [0.1, 0.15) is 6.33 Å². The topological polar surface area (TPSA) is 41.6 Å². The molecule has 2 rings (SSSR count). The van der Waals surface area contributed by atoms with Crippen LogP contribution in [0.15, 0.2) is 22.9 Å². The van der Waals surface area contributed by atoms with Gasteiger partial charge in [-0.25, -0.2) is 4.98 Å². The van der Waals surface area contributed by atoms with Crippen LogP contribution in [0.5, 0.6) is 0 Å². The minimum absolute atomic E-state index is 0.714. The van der Waals surface area contributed by atoms with Crippen LogP contribution in [-0.4, -0.2) is 15.2 Å². The van der Waals surface area contributed by atoms with Gasteiger partial charge in [-0.05, 0) is 24.6 Å². The van der Waals surface area contributed by atoms with E-state index in [1.54, 1.807) is 0 Å². The highest BCUT2D eigenvalue weighted by Crippen LogP contribution is 2.29. The van der Waals surface area contributed by atoms with Crippen molar-refractivity contribution in [1.82, 2.24) is 15.2 Å². The first-order chi connectivity index (χ1) is 6.68. The molecule has 0 amide bonds. The molecule has 0 aliphatic carbocycles. The Kier molecular flexibility index (Phi) is 2.56. The van der Waals surface area contributed by atoms with Gasteiger partial charge in [0.25, 0.3) is 0 Å². The maximum atomic E-state index is 6.04. The van der Waals surface area contributed by atoms with Crippen LogP contribution < -0.4 is 0 Å². The van der Waals surface area contributed by atoms with Crippen LogP contribution in [0.4, 0.5) is 0 Å². The Hall–Kier alpha value is -0.870. The Morgan fingerprint density at radius 3 is 2.79 bits per heavy atom. The van der Waals surface area contributed by atoms with Gasteiger partial charge in [0.05, 0.1) is 0 Å². The Balaban J connectivity index is 2.57. The van der Waals surface area contributed by atoms with Crippen molar-refractivity contribution < 1.29 is 0 Å². The number of halogens is 2. The van der Waals surface area contributed by atoms with Crippen LogP contribution in [0.1, 0.15) is 5.56 Å². The van der Waals surface area contributed by atoms with Crippen LogP contribution in [0.2, 0.25) is 5.02 Å². The van der Waals surface area contributed by atoms with E-state index in [0.717, 1.165) is 15.6 Å². The molecule has 14 heavy (non-hydrogen) atoms. The molecule has 0 atom stereocenters. The number of H-pyrrole nitrogens is 1. The maximum Gasteiger partial charge on any atom is 0.155 e. The van der Waals surface area contributed by atoms with E-state index < -0.39 is 0 Å². The standard InChI is InChI=1S/C9H7BrClN3/c1-5-7(10)2-6(3-8(5)11)9-12-4-13-14-9/h2-4H,1H3,(H,12,13,14). The lowest BCUT2D eigenvalue weighted by atomic mass is 10.1. The smallest absolute Gasteiger partial charge is 0.155 e. The second-order valence-electron chi connectivity index (χ2n) is 2.90. The third-order valence-corrected chi connectivity index (χ3v) is 3.19. The Morgan fingerprint density at radius 1 is 1.43 bits per heavy atom. The third-order valence-electron chi connectivity index (χ3n) is 1.97. The molecule has 1 aromatic heterocycles. The van der Waals surface area contributed by atoms with Crippen LogP contribution in [0.3, 0.4) is 0 Å². The second kappa shape index (κ2) is 3.71. The van der Waals surface area contributed by atoms with E-state index in [1.807, 2.05) is 19.1 Å². The monoisotopic (exact) mass is 271 g/mol. The summed E-state index contributed by atoms with van der Waals surface area (Å²) in [7, 11) is 0. The van der Waals surface area contributed by atoms with Crippen molar-refractivity contribution in [3.05, 3.63) is 33.5 Å². The summed E-state index contributed by atoms with van der Waals surface area (Å²) in [5.74, 6) is 0.715. The van der Waals surface area contributed by atoms with Gasteiger partial charge >= 0.3 is 0 Å². The molecule has 1 N–H and O–H groups in total. The lowest BCUT2D eigenvalue weighted by molar-refractivity contribution is 1.09. The lowest BCUT2D eigenvalue weighted by Gasteiger charge is -2.03. The molecule has 3 nitrogen and oxygen atoms in total. The third kappa shape index (κ3) is 1.67. The summed E-state index contributed by atoms with van der Waals surface area (Å²) in [5.41, 5.74) is 1.94. The van der Waals surface area contributed by atoms with Gasteiger partial charge in [0.2, 0.25) is 0 Å². The molecule has 2 aromatic rings. The first-order valence-corrected chi connectivity index (χ1v) is 5.17. The molecule has 1 aromatic carbocycles. The molecule has 0 aliphatic heterocycles. The number of rotatable bonds is 1. The first-order valence-electron chi connectivity index (χ1n) is 4.00. The SMILES string of the molecule is Cc1c(Cl)cc(-c2ncn[nH]2)cc1Br. The minimum atomic E-state index is 0.714. The largest absolute Gasteiger partial charge is 0.259 e. The first kappa shape index (κ1) is 9.68. The van der Waals surface area contributed by atoms with Gasteiger partial charge in [0, 0.05) is 15.1 Å². The summed E-state index contributed by atoms with van der Waals surface area (Å²) >= 11 is 9.48. The van der Waals surface area contributed by atoms with Gasteiger partial charge in [-0.15, -0.1) is 0 Å². The molecule has 5 heteroatoms. The van der Waals surface area contributed by atoms with Crippen molar-refractivity contribution in [3.8, 4) is 11.4 Å². The van der Waals surface area contributed by atoms with Crippen molar-refractivity contribution >= 4 is 27.5 Å². The minimum Gasteiger partial charge on any atom is -0.259 e. The Labute approximate surface area is 94.6 Å². The molecule has 72 valence electrons. The van der Waals surface area contributed by atoms with E-state index >= 15 is 0 Å². The van der Waals surface area contributed by atoms with Gasteiger partial charge in [-0.1, -0.05) is 27.5 Å². The fourth-order valence-corrected chi connectivity index (χ4v) is 1.92. The zero-order valence-corrected chi connectivity index (χ0v) is 9.72. The van der Waals surface area contributed by atoms with E-state index in [4.69, 9.17) is 11.6 Å². The molecule has 0 saturated heterocycles. The molecular formula is C9H7BrClN3. The maximum absolute atomic E-state index is 6.04. The number of aromatic amines is 1. The molecule has 0 saturated carbocycles. The molecule has 0 spiro atoms. The zero-order chi connectivity index (χ0) is 10.1. The number of hydrogen-bond acceptors (Lipinski definition) is 2. The van der Waals surface area contributed by atoms with Crippen molar-refractivity contribution in [2.24, 2.45) is 0 Å². The lowest BCUT2D eigenvalue weighted by Crippen LogP contribution is -1.84. The van der Waals surface area contributed by atoms with Crippen LogP contribution in [0, 0.1) is 6.92 Å². The van der Waals surface area contributed by atoms with Crippen LogP contribution in [0.25, 0.3) is 11.4 Å². The van der Waals surface area contributed by atoms with E-state index in [0.29, 0.717) is 10.8 Å². The molecular weight excluding hydrogens is 265 g/mol. The average Bonchev–Trinajstić information content (AvgIpc) is 2.66. The van der Waals surface area contributed by atoms with Gasteiger partial charge in [0.15, 0.2) is 5.82 Å². The van der Waals surface area contributed by atoms with Gasteiger partial charge < -0.3 is 0 Å². The normalized spacial score (nSPS) is 10.5.